The van der Waals surface area contributed by atoms with Gasteiger partial charge in [-0.3, -0.25) is 0 Å². The molecule has 2 aromatic rings. The second kappa shape index (κ2) is 6.88. The third-order valence-corrected chi connectivity index (χ3v) is 5.60. The van der Waals surface area contributed by atoms with E-state index in [1.54, 1.807) is 0 Å². The Morgan fingerprint density at radius 1 is 0.957 bits per heavy atom. The fraction of sp³-hybridized carbons (Fsp3) is 0.550. The van der Waals surface area contributed by atoms with Crippen molar-refractivity contribution < 1.29 is 0 Å². The van der Waals surface area contributed by atoms with E-state index in [4.69, 9.17) is 4.98 Å². The van der Waals surface area contributed by atoms with Crippen LogP contribution in [0.2, 0.25) is 0 Å². The second-order valence-electron chi connectivity index (χ2n) is 7.21. The van der Waals surface area contributed by atoms with Crippen LogP contribution in [0, 0.1) is 5.92 Å². The quantitative estimate of drug-likeness (QED) is 0.829. The molecule has 2 aliphatic rings. The standard InChI is InChI=1S/C20H27N3/c1-3-8-15(9-4-1)18-14-21-20(23-18)19(22-17-12-7-13-17)16-10-5-2-6-11-16/h1,3-4,8-9,14,16-17,19,22H,2,5-7,10-13H2,(H,21,23)/t19-/m0/s1. The number of nitrogens with one attached hydrogen (secondary N) is 2. The van der Waals surface area contributed by atoms with Gasteiger partial charge in [0.05, 0.1) is 11.7 Å². The van der Waals surface area contributed by atoms with E-state index in [0.29, 0.717) is 12.1 Å². The number of rotatable bonds is 5. The van der Waals surface area contributed by atoms with Gasteiger partial charge in [-0.2, -0.15) is 0 Å². The molecule has 3 heteroatoms. The minimum absolute atomic E-state index is 0.401. The predicted octanol–water partition coefficient (Wildman–Crippen LogP) is 4.84. The van der Waals surface area contributed by atoms with Crippen molar-refractivity contribution in [2.75, 3.05) is 0 Å². The molecule has 3 nitrogen and oxygen atoms in total. The Morgan fingerprint density at radius 3 is 2.43 bits per heavy atom. The maximum absolute atomic E-state index is 4.95. The molecule has 0 saturated heterocycles. The number of aromatic nitrogens is 2. The molecule has 1 aromatic carbocycles. The van der Waals surface area contributed by atoms with Crippen LogP contribution in [0.1, 0.15) is 63.2 Å². The van der Waals surface area contributed by atoms with Crippen molar-refractivity contribution in [1.29, 1.82) is 0 Å². The molecule has 122 valence electrons. The van der Waals surface area contributed by atoms with E-state index in [2.05, 4.69) is 46.8 Å². The molecule has 0 aliphatic heterocycles. The predicted molar refractivity (Wildman–Crippen MR) is 94.1 cm³/mol. The summed E-state index contributed by atoms with van der Waals surface area (Å²) in [5.41, 5.74) is 2.26. The summed E-state index contributed by atoms with van der Waals surface area (Å²) in [6.07, 6.45) is 12.9. The van der Waals surface area contributed by atoms with E-state index in [9.17, 15) is 0 Å². The van der Waals surface area contributed by atoms with Crippen LogP contribution >= 0.6 is 0 Å². The third kappa shape index (κ3) is 3.35. The monoisotopic (exact) mass is 309 g/mol. The van der Waals surface area contributed by atoms with E-state index in [0.717, 1.165) is 17.4 Å². The maximum Gasteiger partial charge on any atom is 0.124 e. The van der Waals surface area contributed by atoms with Crippen LogP contribution in [0.3, 0.4) is 0 Å². The van der Waals surface area contributed by atoms with E-state index >= 15 is 0 Å². The molecule has 0 unspecified atom stereocenters. The summed E-state index contributed by atoms with van der Waals surface area (Å²) >= 11 is 0. The van der Waals surface area contributed by atoms with E-state index in [-0.39, 0.29) is 0 Å². The molecule has 23 heavy (non-hydrogen) atoms. The van der Waals surface area contributed by atoms with Gasteiger partial charge in [-0.15, -0.1) is 0 Å². The molecule has 0 spiro atoms. The lowest BCUT2D eigenvalue weighted by atomic mass is 9.82. The molecule has 0 radical (unpaired) electrons. The van der Waals surface area contributed by atoms with Crippen molar-refractivity contribution >= 4 is 0 Å². The van der Waals surface area contributed by atoms with Crippen LogP contribution in [0.4, 0.5) is 0 Å². The molecule has 2 saturated carbocycles. The number of benzene rings is 1. The smallest absolute Gasteiger partial charge is 0.124 e. The van der Waals surface area contributed by atoms with Gasteiger partial charge in [-0.25, -0.2) is 4.98 Å². The fourth-order valence-electron chi connectivity index (χ4n) is 3.99. The number of hydrogen-bond acceptors (Lipinski definition) is 2. The first-order chi connectivity index (χ1) is 11.4. The van der Waals surface area contributed by atoms with Crippen molar-refractivity contribution in [2.24, 2.45) is 5.92 Å². The summed E-state index contributed by atoms with van der Waals surface area (Å²) in [4.78, 5) is 8.43. The first-order valence-corrected chi connectivity index (χ1v) is 9.27. The molecular weight excluding hydrogens is 282 g/mol. The Labute approximate surface area is 138 Å². The van der Waals surface area contributed by atoms with Crippen LogP contribution in [0.15, 0.2) is 36.5 Å². The summed E-state index contributed by atoms with van der Waals surface area (Å²) in [6, 6.07) is 11.6. The number of aromatic amines is 1. The fourth-order valence-corrected chi connectivity index (χ4v) is 3.99. The highest BCUT2D eigenvalue weighted by Gasteiger charge is 2.31. The van der Waals surface area contributed by atoms with Gasteiger partial charge in [0.1, 0.15) is 5.82 Å². The van der Waals surface area contributed by atoms with Gasteiger partial charge in [0.15, 0.2) is 0 Å². The van der Waals surface area contributed by atoms with Gasteiger partial charge in [0.25, 0.3) is 0 Å². The molecule has 1 atom stereocenters. The molecule has 2 aliphatic carbocycles. The van der Waals surface area contributed by atoms with Crippen molar-refractivity contribution in [3.8, 4) is 11.3 Å². The Morgan fingerprint density at radius 2 is 1.74 bits per heavy atom. The van der Waals surface area contributed by atoms with Gasteiger partial charge in [0, 0.05) is 17.8 Å². The van der Waals surface area contributed by atoms with Crippen LogP contribution < -0.4 is 5.32 Å². The summed E-state index contributed by atoms with van der Waals surface area (Å²) in [7, 11) is 0. The first kappa shape index (κ1) is 14.9. The molecule has 1 heterocycles. The zero-order chi connectivity index (χ0) is 15.5. The topological polar surface area (TPSA) is 40.7 Å². The molecule has 4 rings (SSSR count). The average Bonchev–Trinajstić information content (AvgIpc) is 3.05. The lowest BCUT2D eigenvalue weighted by Crippen LogP contribution is -2.41. The first-order valence-electron chi connectivity index (χ1n) is 9.27. The van der Waals surface area contributed by atoms with Crippen molar-refractivity contribution in [3.63, 3.8) is 0 Å². The van der Waals surface area contributed by atoms with Gasteiger partial charge >= 0.3 is 0 Å². The Bertz CT molecular complexity index is 609. The van der Waals surface area contributed by atoms with Crippen LogP contribution in [0.25, 0.3) is 11.3 Å². The van der Waals surface area contributed by atoms with E-state index < -0.39 is 0 Å². The van der Waals surface area contributed by atoms with Crippen molar-refractivity contribution in [3.05, 3.63) is 42.4 Å². The Kier molecular flexibility index (Phi) is 4.47. The number of H-pyrrole nitrogens is 1. The minimum atomic E-state index is 0.401. The summed E-state index contributed by atoms with van der Waals surface area (Å²) in [5.74, 6) is 1.88. The zero-order valence-corrected chi connectivity index (χ0v) is 13.8. The molecular formula is C20H27N3. The SMILES string of the molecule is c1ccc(-c2c[nH]c([C@@H](NC3CCC3)C3CCCCC3)n2)cc1. The Balaban J connectivity index is 1.56. The highest BCUT2D eigenvalue weighted by molar-refractivity contribution is 5.58. The lowest BCUT2D eigenvalue weighted by molar-refractivity contribution is 0.212. The summed E-state index contributed by atoms with van der Waals surface area (Å²) < 4.78 is 0. The molecule has 2 N–H and O–H groups in total. The lowest BCUT2D eigenvalue weighted by Gasteiger charge is -2.36. The average molecular weight is 309 g/mol. The maximum atomic E-state index is 4.95. The number of nitrogens with zero attached hydrogens (tertiary/aromatic N) is 1. The van der Waals surface area contributed by atoms with Crippen LogP contribution in [0.5, 0.6) is 0 Å². The molecule has 1 aromatic heterocycles. The Hall–Kier alpha value is -1.61. The second-order valence-corrected chi connectivity index (χ2v) is 7.21. The highest BCUT2D eigenvalue weighted by Crippen LogP contribution is 2.36. The van der Waals surface area contributed by atoms with Crippen LogP contribution in [-0.2, 0) is 0 Å². The molecule has 2 fully saturated rings. The van der Waals surface area contributed by atoms with Gasteiger partial charge in [-0.05, 0) is 31.6 Å². The van der Waals surface area contributed by atoms with Crippen LogP contribution in [-0.4, -0.2) is 16.0 Å². The number of imidazole rings is 1. The molecule has 0 amide bonds. The molecule has 0 bridgehead atoms. The van der Waals surface area contributed by atoms with Crippen molar-refractivity contribution in [1.82, 2.24) is 15.3 Å². The third-order valence-electron chi connectivity index (χ3n) is 5.60. The van der Waals surface area contributed by atoms with Gasteiger partial charge in [-0.1, -0.05) is 56.0 Å². The normalized spacial score (nSPS) is 21.0. The largest absolute Gasteiger partial charge is 0.347 e. The number of hydrogen-bond donors (Lipinski definition) is 2. The summed E-state index contributed by atoms with van der Waals surface area (Å²) in [5, 5.41) is 3.91. The van der Waals surface area contributed by atoms with E-state index in [1.807, 2.05) is 0 Å². The van der Waals surface area contributed by atoms with Gasteiger partial charge in [0.2, 0.25) is 0 Å². The van der Waals surface area contributed by atoms with Gasteiger partial charge < -0.3 is 10.3 Å². The van der Waals surface area contributed by atoms with Crippen molar-refractivity contribution in [2.45, 2.75) is 63.5 Å². The highest BCUT2D eigenvalue weighted by atomic mass is 15.1. The van der Waals surface area contributed by atoms with E-state index in [1.165, 1.54) is 56.9 Å². The minimum Gasteiger partial charge on any atom is -0.347 e. The zero-order valence-electron chi connectivity index (χ0n) is 13.8. The summed E-state index contributed by atoms with van der Waals surface area (Å²) in [6.45, 7) is 0.